The minimum absolute atomic E-state index is 0.277. The van der Waals surface area contributed by atoms with Crippen LogP contribution < -0.4 is 10.6 Å². The Kier molecular flexibility index (Phi) is 7.12. The molecule has 0 aromatic carbocycles. The van der Waals surface area contributed by atoms with Crippen LogP contribution in [0.1, 0.15) is 21.0 Å². The molecule has 0 saturated heterocycles. The number of aliphatic carboxylic acids is 2. The summed E-state index contributed by atoms with van der Waals surface area (Å²) in [6.07, 6.45) is 2.57. The van der Waals surface area contributed by atoms with Gasteiger partial charge in [-0.15, -0.1) is 22.7 Å². The van der Waals surface area contributed by atoms with Crippen LogP contribution in [0.25, 0.3) is 20.2 Å². The van der Waals surface area contributed by atoms with Gasteiger partial charge in [-0.2, -0.15) is 0 Å². The molecule has 2 amide bonds. The van der Waals surface area contributed by atoms with Gasteiger partial charge in [0.25, 0.3) is 11.8 Å². The molecule has 186 valence electrons. The van der Waals surface area contributed by atoms with Crippen molar-refractivity contribution in [2.45, 2.75) is 12.1 Å². The third-order valence-corrected chi connectivity index (χ3v) is 8.13. The molecule has 0 radical (unpaired) electrons. The molecule has 36 heavy (non-hydrogen) atoms. The molecule has 4 aromatic heterocycles. The van der Waals surface area contributed by atoms with E-state index in [2.05, 4.69) is 41.8 Å². The van der Waals surface area contributed by atoms with Gasteiger partial charge in [0.1, 0.15) is 0 Å². The Morgan fingerprint density at radius 1 is 0.806 bits per heavy atom. The first kappa shape index (κ1) is 25.7. The summed E-state index contributed by atoms with van der Waals surface area (Å²) >= 11 is 8.83. The van der Waals surface area contributed by atoms with E-state index in [0.29, 0.717) is 22.4 Å². The maximum atomic E-state index is 12.8. The van der Waals surface area contributed by atoms with Crippen LogP contribution in [0, 0.1) is 0 Å². The van der Waals surface area contributed by atoms with Crippen molar-refractivity contribution in [3.8, 4) is 11.5 Å². The molecule has 4 rings (SSSR count). The minimum atomic E-state index is -2.17. The summed E-state index contributed by atoms with van der Waals surface area (Å²) in [5.74, 6) is -7.00. The molecule has 0 aliphatic heterocycles. The molecule has 6 N–H and O–H groups in total. The van der Waals surface area contributed by atoms with E-state index < -0.39 is 58.7 Å². The van der Waals surface area contributed by atoms with Gasteiger partial charge in [0.05, 0.1) is 17.0 Å². The Labute approximate surface area is 224 Å². The van der Waals surface area contributed by atoms with Gasteiger partial charge in [-0.1, -0.05) is 0 Å². The molecule has 0 bridgehead atoms. The average molecular weight is 660 g/mol. The van der Waals surface area contributed by atoms with Gasteiger partial charge in [0, 0.05) is 23.2 Å². The number of rotatable bonds is 7. The van der Waals surface area contributed by atoms with Crippen LogP contribution >= 0.6 is 54.5 Å². The highest BCUT2D eigenvalue weighted by Crippen LogP contribution is 2.37. The number of carboxylic acids is 2. The van der Waals surface area contributed by atoms with Crippen molar-refractivity contribution in [3.05, 3.63) is 43.5 Å². The number of aromatic hydroxyl groups is 2. The van der Waals surface area contributed by atoms with Crippen LogP contribution in [0.4, 0.5) is 0 Å². The van der Waals surface area contributed by atoms with Crippen LogP contribution in [0.3, 0.4) is 0 Å². The summed E-state index contributed by atoms with van der Waals surface area (Å²) in [5.41, 5.74) is -1.08. The average Bonchev–Trinajstić information content (AvgIpc) is 3.38. The molecule has 0 aliphatic carbocycles. The van der Waals surface area contributed by atoms with E-state index in [1.807, 2.05) is 10.6 Å². The summed E-state index contributed by atoms with van der Waals surface area (Å²) < 4.78 is 2.14. The number of nitrogens with one attached hydrogen (secondary N) is 2. The molecule has 2 unspecified atom stereocenters. The first-order chi connectivity index (χ1) is 17.0. The number of halogens is 2. The van der Waals surface area contributed by atoms with E-state index in [4.69, 9.17) is 0 Å². The standard InChI is InChI=1S/C20H12Br2N4O8S2/c21-8-1-5-3-23-13(15(28)16(5)36-8)18(30)26-11(20(33)34)10(19(31)32)25-17(29)12-14(27)6-2-9(22)35-7(6)4-24-12/h1-4,10-11,27-28H,(H,25,29)(H,26,30)(H,31,32)(H,33,34). The molecule has 0 aliphatic rings. The Balaban J connectivity index is 1.61. The van der Waals surface area contributed by atoms with Crippen molar-refractivity contribution in [2.24, 2.45) is 0 Å². The maximum absolute atomic E-state index is 12.8. The van der Waals surface area contributed by atoms with Crippen molar-refractivity contribution >= 4 is 98.5 Å². The number of pyridine rings is 2. The van der Waals surface area contributed by atoms with Gasteiger partial charge in [0.2, 0.25) is 0 Å². The Bertz CT molecular complexity index is 1450. The van der Waals surface area contributed by atoms with Crippen LogP contribution in [0.5, 0.6) is 11.5 Å². The number of amides is 2. The number of fused-ring (bicyclic) bond motifs is 2. The fourth-order valence-corrected chi connectivity index (χ4v) is 6.30. The highest BCUT2D eigenvalue weighted by Gasteiger charge is 2.38. The topological polar surface area (TPSA) is 199 Å². The first-order valence-corrected chi connectivity index (χ1v) is 12.8. The lowest BCUT2D eigenvalue weighted by atomic mass is 10.1. The Hall–Kier alpha value is -3.34. The van der Waals surface area contributed by atoms with Gasteiger partial charge in [-0.3, -0.25) is 9.59 Å². The number of hydrogen-bond acceptors (Lipinski definition) is 10. The number of hydrogen-bond donors (Lipinski definition) is 6. The van der Waals surface area contributed by atoms with Crippen LogP contribution in [-0.4, -0.2) is 66.2 Å². The zero-order chi connectivity index (χ0) is 26.3. The first-order valence-electron chi connectivity index (χ1n) is 9.59. The van der Waals surface area contributed by atoms with Crippen molar-refractivity contribution in [2.75, 3.05) is 0 Å². The highest BCUT2D eigenvalue weighted by atomic mass is 79.9. The molecule has 4 aromatic rings. The molecule has 16 heteroatoms. The molecular formula is C20H12Br2N4O8S2. The van der Waals surface area contributed by atoms with Gasteiger partial charge in [-0.05, 0) is 44.0 Å². The third-order valence-electron chi connectivity index (χ3n) is 4.89. The smallest absolute Gasteiger partial charge is 0.329 e. The summed E-state index contributed by atoms with van der Waals surface area (Å²) in [6.45, 7) is 0. The summed E-state index contributed by atoms with van der Waals surface area (Å²) in [6, 6.07) is -1.16. The number of carbonyl (C=O) groups excluding carboxylic acids is 2. The van der Waals surface area contributed by atoms with E-state index in [1.54, 1.807) is 6.07 Å². The lowest BCUT2D eigenvalue weighted by Crippen LogP contribution is -2.59. The molecule has 12 nitrogen and oxygen atoms in total. The highest BCUT2D eigenvalue weighted by molar-refractivity contribution is 9.11. The van der Waals surface area contributed by atoms with E-state index in [0.717, 1.165) is 11.3 Å². The van der Waals surface area contributed by atoms with E-state index in [9.17, 15) is 39.6 Å². The quantitative estimate of drug-likeness (QED) is 0.171. The molecule has 0 saturated carbocycles. The minimum Gasteiger partial charge on any atom is -0.505 e. The number of thiophene rings is 2. The Morgan fingerprint density at radius 3 is 1.92 bits per heavy atom. The second-order valence-corrected chi connectivity index (χ2v) is 12.0. The fraction of sp³-hybridized carbons (Fsp3) is 0.100. The van der Waals surface area contributed by atoms with Crippen molar-refractivity contribution in [1.82, 2.24) is 20.6 Å². The predicted octanol–water partition coefficient (Wildman–Crippen LogP) is 2.91. The maximum Gasteiger partial charge on any atom is 0.329 e. The molecule has 0 fully saturated rings. The van der Waals surface area contributed by atoms with E-state index in [1.165, 1.54) is 29.8 Å². The van der Waals surface area contributed by atoms with Crippen LogP contribution in [0.15, 0.2) is 32.1 Å². The van der Waals surface area contributed by atoms with Gasteiger partial charge in [-0.25, -0.2) is 19.6 Å². The molecular weight excluding hydrogens is 648 g/mol. The van der Waals surface area contributed by atoms with Crippen LogP contribution in [-0.2, 0) is 9.59 Å². The van der Waals surface area contributed by atoms with E-state index >= 15 is 0 Å². The SMILES string of the molecule is O=C(NC(C(=O)O)C(NC(=O)c1ncc2cc(Br)sc2c1O)C(=O)O)c1ncc2sc(Br)cc2c1O. The lowest BCUT2D eigenvalue weighted by molar-refractivity contribution is -0.147. The Morgan fingerprint density at radius 2 is 1.33 bits per heavy atom. The summed E-state index contributed by atoms with van der Waals surface area (Å²) in [4.78, 5) is 57.0. The predicted molar refractivity (Wildman–Crippen MR) is 136 cm³/mol. The van der Waals surface area contributed by atoms with E-state index in [-0.39, 0.29) is 5.39 Å². The van der Waals surface area contributed by atoms with Crippen molar-refractivity contribution < 1.29 is 39.6 Å². The second-order valence-electron chi connectivity index (χ2n) is 7.15. The van der Waals surface area contributed by atoms with Crippen LogP contribution in [0.2, 0.25) is 0 Å². The molecule has 2 atom stereocenters. The number of carboxylic acid groups (broad SMARTS) is 2. The van der Waals surface area contributed by atoms with Gasteiger partial charge < -0.3 is 31.1 Å². The number of aromatic nitrogens is 2. The third kappa shape index (κ3) is 4.84. The summed E-state index contributed by atoms with van der Waals surface area (Å²) in [5, 5.41) is 44.9. The molecule has 4 heterocycles. The van der Waals surface area contributed by atoms with Crippen molar-refractivity contribution in [3.63, 3.8) is 0 Å². The monoisotopic (exact) mass is 658 g/mol. The number of nitrogens with zero attached hydrogens (tertiary/aromatic N) is 2. The molecule has 0 spiro atoms. The van der Waals surface area contributed by atoms with Crippen molar-refractivity contribution in [1.29, 1.82) is 0 Å². The fourth-order valence-electron chi connectivity index (χ4n) is 3.25. The number of carbonyl (C=O) groups is 4. The van der Waals surface area contributed by atoms with Gasteiger partial charge in [0.15, 0.2) is 35.0 Å². The zero-order valence-electron chi connectivity index (χ0n) is 17.4. The zero-order valence-corrected chi connectivity index (χ0v) is 22.2. The van der Waals surface area contributed by atoms with Gasteiger partial charge >= 0.3 is 11.9 Å². The lowest BCUT2D eigenvalue weighted by Gasteiger charge is -2.22. The normalized spacial score (nSPS) is 12.8. The largest absolute Gasteiger partial charge is 0.505 e. The second kappa shape index (κ2) is 9.96. The summed E-state index contributed by atoms with van der Waals surface area (Å²) in [7, 11) is 0.